The van der Waals surface area contributed by atoms with Crippen LogP contribution in [0.15, 0.2) is 83.5 Å². The van der Waals surface area contributed by atoms with Crippen molar-refractivity contribution in [2.24, 2.45) is 5.10 Å². The van der Waals surface area contributed by atoms with Crippen molar-refractivity contribution in [1.82, 2.24) is 0 Å². The average Bonchev–Trinajstić information content (AvgIpc) is 3.11. The first-order chi connectivity index (χ1) is 15.0. The third kappa shape index (κ3) is 3.89. The Morgan fingerprint density at radius 3 is 2.55 bits per heavy atom. The number of hydrazone groups is 1. The highest BCUT2D eigenvalue weighted by Crippen LogP contribution is 2.30. The van der Waals surface area contributed by atoms with E-state index in [-0.39, 0.29) is 17.1 Å². The topological polar surface area (TPSA) is 102 Å². The number of carboxylic acid groups (broad SMARTS) is 1. The Morgan fingerprint density at radius 1 is 1.06 bits per heavy atom. The standard InChI is InChI=1S/C24H18N2O5/c1-31-21-13-15(10-11-20(21)27)12-19-22(16-6-3-2-4-7-16)25-26(23(19)28)18-9-5-8-17(14-18)24(29)30/h2-14,27H,1H3,(H,29,30)/p-1/b19-12-. The molecule has 1 amide bonds. The maximum absolute atomic E-state index is 13.3. The quantitative estimate of drug-likeness (QED) is 0.647. The van der Waals surface area contributed by atoms with Gasteiger partial charge in [-0.05, 0) is 35.9 Å². The van der Waals surface area contributed by atoms with Gasteiger partial charge in [-0.15, -0.1) is 0 Å². The molecule has 1 aliphatic rings. The maximum atomic E-state index is 13.3. The highest BCUT2D eigenvalue weighted by molar-refractivity contribution is 6.37. The van der Waals surface area contributed by atoms with E-state index in [9.17, 15) is 19.8 Å². The lowest BCUT2D eigenvalue weighted by Crippen LogP contribution is -2.21. The minimum atomic E-state index is -1.10. The van der Waals surface area contributed by atoms with Crippen molar-refractivity contribution in [3.63, 3.8) is 0 Å². The number of anilines is 1. The molecule has 4 rings (SSSR count). The van der Waals surface area contributed by atoms with Crippen LogP contribution in [0.3, 0.4) is 0 Å². The smallest absolute Gasteiger partial charge is 0.335 e. The van der Waals surface area contributed by atoms with E-state index in [4.69, 9.17) is 4.74 Å². The van der Waals surface area contributed by atoms with Gasteiger partial charge in [-0.2, -0.15) is 10.1 Å². The van der Waals surface area contributed by atoms with Gasteiger partial charge in [-0.3, -0.25) is 4.79 Å². The fourth-order valence-corrected chi connectivity index (χ4v) is 3.24. The van der Waals surface area contributed by atoms with Gasteiger partial charge in [0.1, 0.15) is 11.5 Å². The van der Waals surface area contributed by atoms with Crippen LogP contribution in [0.4, 0.5) is 5.69 Å². The fourth-order valence-electron chi connectivity index (χ4n) is 3.24. The van der Waals surface area contributed by atoms with Crippen LogP contribution in [0.25, 0.3) is 6.08 Å². The van der Waals surface area contributed by atoms with E-state index in [1.807, 2.05) is 30.3 Å². The molecule has 0 bridgehead atoms. The predicted octanol–water partition coefficient (Wildman–Crippen LogP) is 3.30. The summed E-state index contributed by atoms with van der Waals surface area (Å²) in [6.45, 7) is 0. The molecule has 3 aromatic carbocycles. The molecule has 0 unspecified atom stereocenters. The van der Waals surface area contributed by atoms with Crippen LogP contribution in [0.5, 0.6) is 11.5 Å². The van der Waals surface area contributed by atoms with E-state index in [1.54, 1.807) is 30.3 Å². The van der Waals surface area contributed by atoms with Crippen molar-refractivity contribution in [3.8, 4) is 11.5 Å². The zero-order valence-corrected chi connectivity index (χ0v) is 16.5. The molecule has 0 fully saturated rings. The Balaban J connectivity index is 1.83. The summed E-state index contributed by atoms with van der Waals surface area (Å²) >= 11 is 0. The first-order valence-electron chi connectivity index (χ1n) is 9.37. The zero-order chi connectivity index (χ0) is 22.0. The summed E-state index contributed by atoms with van der Waals surface area (Å²) in [6.07, 6.45) is 1.64. The number of carbonyl (C=O) groups is 2. The normalized spacial score (nSPS) is 14.6. The number of methoxy groups -OCH3 is 1. The van der Waals surface area contributed by atoms with Gasteiger partial charge in [0, 0.05) is 5.56 Å². The van der Waals surface area contributed by atoms with Crippen molar-refractivity contribution >= 4 is 29.4 Å². The number of aromatic carboxylic acids is 1. The molecular formula is C24H17N2O5-. The highest BCUT2D eigenvalue weighted by Gasteiger charge is 2.32. The Hall–Kier alpha value is -4.39. The summed E-state index contributed by atoms with van der Waals surface area (Å²) < 4.78 is 5.09. The van der Waals surface area contributed by atoms with E-state index in [1.165, 1.54) is 30.3 Å². The van der Waals surface area contributed by atoms with Crippen molar-refractivity contribution < 1.29 is 24.5 Å². The second-order valence-corrected chi connectivity index (χ2v) is 6.76. The summed E-state index contributed by atoms with van der Waals surface area (Å²) in [5, 5.41) is 26.8. The molecule has 0 atom stereocenters. The van der Waals surface area contributed by atoms with E-state index < -0.39 is 11.9 Å². The van der Waals surface area contributed by atoms with Crippen LogP contribution < -0.4 is 14.9 Å². The number of hydrogen-bond acceptors (Lipinski definition) is 5. The summed E-state index contributed by atoms with van der Waals surface area (Å²) in [5.41, 5.74) is 2.48. The lowest BCUT2D eigenvalue weighted by molar-refractivity contribution is -0.270. The molecule has 1 N–H and O–H groups in total. The van der Waals surface area contributed by atoms with Gasteiger partial charge < -0.3 is 14.9 Å². The lowest BCUT2D eigenvalue weighted by atomic mass is 10.00. The molecule has 0 aliphatic carbocycles. The average molecular weight is 413 g/mol. The molecular weight excluding hydrogens is 396 g/mol. The molecule has 154 valence electrons. The zero-order valence-electron chi connectivity index (χ0n) is 16.5. The molecule has 31 heavy (non-hydrogen) atoms. The van der Waals surface area contributed by atoms with E-state index in [2.05, 4.69) is 5.10 Å². The fraction of sp³-hybridized carbons (Fsp3) is 0.0417. The summed E-state index contributed by atoms with van der Waals surface area (Å²) in [6, 6.07) is 19.7. The van der Waals surface area contributed by atoms with Crippen LogP contribution in [-0.2, 0) is 4.79 Å². The number of benzene rings is 3. The Kier molecular flexibility index (Phi) is 5.24. The summed E-state index contributed by atoms with van der Waals surface area (Å²) in [5.74, 6) is -1.59. The molecule has 0 saturated carbocycles. The molecule has 0 spiro atoms. The number of nitrogens with zero attached hydrogens (tertiary/aromatic N) is 2. The third-order valence-corrected chi connectivity index (χ3v) is 4.76. The first-order valence-corrected chi connectivity index (χ1v) is 9.37. The highest BCUT2D eigenvalue weighted by atomic mass is 16.5. The van der Waals surface area contributed by atoms with Gasteiger partial charge >= 0.3 is 5.97 Å². The molecule has 7 nitrogen and oxygen atoms in total. The number of carboxylic acids is 1. The number of rotatable bonds is 5. The van der Waals surface area contributed by atoms with Crippen LogP contribution in [0.2, 0.25) is 0 Å². The number of amides is 1. The van der Waals surface area contributed by atoms with Crippen LogP contribution in [0.1, 0.15) is 21.5 Å². The first kappa shape index (κ1) is 19.9. The molecule has 0 radical (unpaired) electrons. The van der Waals surface area contributed by atoms with Gasteiger partial charge in [0.25, 0.3) is 5.91 Å². The van der Waals surface area contributed by atoms with E-state index >= 15 is 0 Å². The monoisotopic (exact) mass is 413 g/mol. The number of ether oxygens (including phenoxy) is 1. The van der Waals surface area contributed by atoms with Crippen LogP contribution >= 0.6 is 0 Å². The maximum Gasteiger partial charge on any atom is 0.335 e. The molecule has 7 heteroatoms. The van der Waals surface area contributed by atoms with Gasteiger partial charge in [-0.25, -0.2) is 4.79 Å². The Morgan fingerprint density at radius 2 is 1.84 bits per heavy atom. The second-order valence-electron chi connectivity index (χ2n) is 6.76. The SMILES string of the molecule is COc1cc(/C=C2\C(=O)N(c3cccc(C(=O)O)c3)N=C2c2ccccc2)ccc1[O-]. The molecule has 0 aromatic heterocycles. The van der Waals surface area contributed by atoms with Crippen molar-refractivity contribution in [2.45, 2.75) is 0 Å². The summed E-state index contributed by atoms with van der Waals surface area (Å²) in [7, 11) is 1.41. The summed E-state index contributed by atoms with van der Waals surface area (Å²) in [4.78, 5) is 24.6. The Labute approximate surface area is 178 Å². The minimum absolute atomic E-state index is 0.0509. The van der Waals surface area contributed by atoms with Gasteiger partial charge in [0.05, 0.1) is 23.9 Å². The van der Waals surface area contributed by atoms with Gasteiger partial charge in [0.15, 0.2) is 0 Å². The van der Waals surface area contributed by atoms with Crippen LogP contribution in [-0.4, -0.2) is 29.8 Å². The lowest BCUT2D eigenvalue weighted by Gasteiger charge is -2.13. The molecule has 1 aliphatic heterocycles. The van der Waals surface area contributed by atoms with E-state index in [0.717, 1.165) is 5.56 Å². The minimum Gasteiger partial charge on any atom is -0.870 e. The molecule has 3 aromatic rings. The van der Waals surface area contributed by atoms with Crippen molar-refractivity contribution in [2.75, 3.05) is 12.1 Å². The Bertz CT molecular complexity index is 1230. The van der Waals surface area contributed by atoms with Gasteiger partial charge in [-0.1, -0.05) is 54.3 Å². The predicted molar refractivity (Wildman–Crippen MR) is 114 cm³/mol. The van der Waals surface area contributed by atoms with Crippen LogP contribution in [0, 0.1) is 0 Å². The number of carbonyl (C=O) groups excluding carboxylic acids is 1. The largest absolute Gasteiger partial charge is 0.870 e. The third-order valence-electron chi connectivity index (χ3n) is 4.76. The van der Waals surface area contributed by atoms with Gasteiger partial charge in [0.2, 0.25) is 0 Å². The molecule has 1 heterocycles. The second kappa shape index (κ2) is 8.16. The van der Waals surface area contributed by atoms with Crippen molar-refractivity contribution in [1.29, 1.82) is 0 Å². The van der Waals surface area contributed by atoms with Crippen molar-refractivity contribution in [3.05, 3.63) is 95.1 Å². The number of hydrogen-bond donors (Lipinski definition) is 1. The van der Waals surface area contributed by atoms with E-state index in [0.29, 0.717) is 22.5 Å². The molecule has 0 saturated heterocycles.